The number of nitrogens with zero attached hydrogens (tertiary/aromatic N) is 3. The molecule has 0 aliphatic carbocycles. The van der Waals surface area contributed by atoms with Crippen LogP contribution in [0.15, 0.2) is 23.1 Å². The number of nitrogens with one attached hydrogen (secondary N) is 1. The summed E-state index contributed by atoms with van der Waals surface area (Å²) >= 11 is 0. The molecular weight excluding hydrogens is 256 g/mol. The van der Waals surface area contributed by atoms with Crippen LogP contribution in [0, 0.1) is 6.92 Å². The number of aryl methyl sites for hydroxylation is 1. The zero-order chi connectivity index (χ0) is 13.9. The first-order valence-corrected chi connectivity index (χ1v) is 6.92. The van der Waals surface area contributed by atoms with Crippen molar-refractivity contribution in [2.45, 2.75) is 31.9 Å². The van der Waals surface area contributed by atoms with Crippen molar-refractivity contribution in [1.29, 1.82) is 0 Å². The summed E-state index contributed by atoms with van der Waals surface area (Å²) in [6.07, 6.45) is 4.44. The van der Waals surface area contributed by atoms with Gasteiger partial charge in [0.1, 0.15) is 17.9 Å². The largest absolute Gasteiger partial charge is 0.468 e. The van der Waals surface area contributed by atoms with Crippen molar-refractivity contribution in [3.63, 3.8) is 0 Å². The molecule has 0 bridgehead atoms. The highest BCUT2D eigenvalue weighted by Gasteiger charge is 2.32. The Morgan fingerprint density at radius 2 is 2.40 bits per heavy atom. The van der Waals surface area contributed by atoms with Crippen molar-refractivity contribution in [3.05, 3.63) is 35.8 Å². The maximum Gasteiger partial charge on any atom is 0.137 e. The van der Waals surface area contributed by atoms with Gasteiger partial charge in [-0.3, -0.25) is 10.00 Å². The highest BCUT2D eigenvalue weighted by molar-refractivity contribution is 5.14. The van der Waals surface area contributed by atoms with Gasteiger partial charge in [-0.1, -0.05) is 0 Å². The van der Waals surface area contributed by atoms with Crippen molar-refractivity contribution in [2.75, 3.05) is 20.2 Å². The lowest BCUT2D eigenvalue weighted by Gasteiger charge is -2.23. The van der Waals surface area contributed by atoms with Gasteiger partial charge in [-0.15, -0.1) is 0 Å². The number of hydrogen-bond donors (Lipinski definition) is 1. The summed E-state index contributed by atoms with van der Waals surface area (Å²) < 4.78 is 11.3. The molecule has 0 amide bonds. The van der Waals surface area contributed by atoms with E-state index < -0.39 is 0 Å². The second-order valence-electron chi connectivity index (χ2n) is 5.40. The number of aromatic nitrogens is 3. The van der Waals surface area contributed by atoms with Crippen LogP contribution < -0.4 is 0 Å². The molecule has 0 saturated carbocycles. The summed E-state index contributed by atoms with van der Waals surface area (Å²) in [6, 6.07) is 1.99. The number of rotatable bonds is 5. The number of hydrogen-bond acceptors (Lipinski definition) is 5. The van der Waals surface area contributed by atoms with E-state index in [-0.39, 0.29) is 6.10 Å². The third kappa shape index (κ3) is 2.76. The lowest BCUT2D eigenvalue weighted by Crippen LogP contribution is -2.32. The highest BCUT2D eigenvalue weighted by Crippen LogP contribution is 2.29. The van der Waals surface area contributed by atoms with E-state index in [0.29, 0.717) is 5.92 Å². The number of H-pyrrole nitrogens is 1. The summed E-state index contributed by atoms with van der Waals surface area (Å²) in [6.45, 7) is 4.49. The molecule has 1 N–H and O–H groups in total. The summed E-state index contributed by atoms with van der Waals surface area (Å²) in [7, 11) is 2.08. The van der Waals surface area contributed by atoms with E-state index in [9.17, 15) is 0 Å². The number of ether oxygens (including phenoxy) is 1. The molecular formula is C14H20N4O2. The van der Waals surface area contributed by atoms with Crippen LogP contribution in [0.2, 0.25) is 0 Å². The summed E-state index contributed by atoms with van der Waals surface area (Å²) in [5, 5.41) is 6.89. The van der Waals surface area contributed by atoms with Crippen molar-refractivity contribution in [1.82, 2.24) is 20.1 Å². The van der Waals surface area contributed by atoms with Gasteiger partial charge in [-0.05, 0) is 32.0 Å². The Kier molecular flexibility index (Phi) is 3.84. The first-order valence-electron chi connectivity index (χ1n) is 6.92. The van der Waals surface area contributed by atoms with Crippen LogP contribution >= 0.6 is 0 Å². The normalized spacial score (nSPS) is 22.8. The Morgan fingerprint density at radius 3 is 3.10 bits per heavy atom. The fraction of sp³-hybridized carbons (Fsp3) is 0.571. The SMILES string of the molecule is Cc1ccoc1CN(C)C[C@H]1OCC[C@H]1c1ncn[nH]1. The average molecular weight is 276 g/mol. The van der Waals surface area contributed by atoms with Crippen LogP contribution in [0.25, 0.3) is 0 Å². The number of furan rings is 1. The average Bonchev–Trinajstić information content (AvgIpc) is 3.11. The predicted octanol–water partition coefficient (Wildman–Crippen LogP) is 1.71. The molecule has 0 radical (unpaired) electrons. The quantitative estimate of drug-likeness (QED) is 0.900. The molecule has 20 heavy (non-hydrogen) atoms. The highest BCUT2D eigenvalue weighted by atomic mass is 16.5. The van der Waals surface area contributed by atoms with Gasteiger partial charge in [0.25, 0.3) is 0 Å². The van der Waals surface area contributed by atoms with E-state index in [4.69, 9.17) is 9.15 Å². The van der Waals surface area contributed by atoms with Crippen molar-refractivity contribution in [2.24, 2.45) is 0 Å². The van der Waals surface area contributed by atoms with Gasteiger partial charge in [-0.25, -0.2) is 4.98 Å². The minimum Gasteiger partial charge on any atom is -0.468 e. The van der Waals surface area contributed by atoms with Crippen LogP contribution in [0.1, 0.15) is 29.5 Å². The first-order chi connectivity index (χ1) is 9.74. The van der Waals surface area contributed by atoms with Gasteiger partial charge in [-0.2, -0.15) is 5.10 Å². The van der Waals surface area contributed by atoms with E-state index in [1.807, 2.05) is 6.07 Å². The van der Waals surface area contributed by atoms with Gasteiger partial charge in [0, 0.05) is 19.1 Å². The van der Waals surface area contributed by atoms with Crippen LogP contribution in [-0.2, 0) is 11.3 Å². The standard InChI is InChI=1S/C14H20N4O2/c1-10-3-5-19-12(10)7-18(2)8-13-11(4-6-20-13)14-15-9-16-17-14/h3,5,9,11,13H,4,6-8H2,1-2H3,(H,15,16,17)/t11-,13-/m1/s1. The third-order valence-electron chi connectivity index (χ3n) is 3.87. The van der Waals surface area contributed by atoms with Gasteiger partial charge in [0.2, 0.25) is 0 Å². The van der Waals surface area contributed by atoms with Gasteiger partial charge >= 0.3 is 0 Å². The molecule has 6 heteroatoms. The topological polar surface area (TPSA) is 67.2 Å². The van der Waals surface area contributed by atoms with Crippen molar-refractivity contribution in [3.8, 4) is 0 Å². The molecule has 2 atom stereocenters. The summed E-state index contributed by atoms with van der Waals surface area (Å²) in [4.78, 5) is 6.49. The molecule has 1 aliphatic rings. The Labute approximate surface area is 118 Å². The lowest BCUT2D eigenvalue weighted by molar-refractivity contribution is 0.0693. The molecule has 0 unspecified atom stereocenters. The zero-order valence-electron chi connectivity index (χ0n) is 11.9. The van der Waals surface area contributed by atoms with E-state index >= 15 is 0 Å². The number of aromatic amines is 1. The predicted molar refractivity (Wildman–Crippen MR) is 73.3 cm³/mol. The molecule has 1 fully saturated rings. The Morgan fingerprint density at radius 1 is 1.50 bits per heavy atom. The minimum atomic E-state index is 0.156. The maximum atomic E-state index is 5.85. The molecule has 0 spiro atoms. The molecule has 1 saturated heterocycles. The van der Waals surface area contributed by atoms with Crippen LogP contribution in [0.3, 0.4) is 0 Å². The fourth-order valence-electron chi connectivity index (χ4n) is 2.72. The molecule has 2 aromatic rings. The second-order valence-corrected chi connectivity index (χ2v) is 5.40. The van der Waals surface area contributed by atoms with Gasteiger partial charge < -0.3 is 9.15 Å². The Hall–Kier alpha value is -1.66. The minimum absolute atomic E-state index is 0.156. The molecule has 3 rings (SSSR count). The first kappa shape index (κ1) is 13.3. The van der Waals surface area contributed by atoms with Crippen LogP contribution in [0.5, 0.6) is 0 Å². The van der Waals surface area contributed by atoms with E-state index in [1.165, 1.54) is 5.56 Å². The second kappa shape index (κ2) is 5.76. The molecule has 1 aliphatic heterocycles. The molecule has 0 aromatic carbocycles. The Bertz CT molecular complexity index is 537. The van der Waals surface area contributed by atoms with Crippen molar-refractivity contribution < 1.29 is 9.15 Å². The monoisotopic (exact) mass is 276 g/mol. The smallest absolute Gasteiger partial charge is 0.137 e. The molecule has 3 heterocycles. The van der Waals surface area contributed by atoms with Gasteiger partial charge in [0.15, 0.2) is 0 Å². The molecule has 108 valence electrons. The van der Waals surface area contributed by atoms with E-state index in [0.717, 1.165) is 37.7 Å². The number of likely N-dealkylation sites (N-methyl/N-ethyl adjacent to an activating group) is 1. The molecule has 6 nitrogen and oxygen atoms in total. The van der Waals surface area contributed by atoms with Crippen molar-refractivity contribution >= 4 is 0 Å². The maximum absolute atomic E-state index is 5.85. The van der Waals surface area contributed by atoms with Crippen LogP contribution in [-0.4, -0.2) is 46.4 Å². The third-order valence-corrected chi connectivity index (χ3v) is 3.87. The molecule has 2 aromatic heterocycles. The van der Waals surface area contributed by atoms with E-state index in [2.05, 4.69) is 34.1 Å². The fourth-order valence-corrected chi connectivity index (χ4v) is 2.72. The zero-order valence-corrected chi connectivity index (χ0v) is 11.9. The van der Waals surface area contributed by atoms with Crippen LogP contribution in [0.4, 0.5) is 0 Å². The lowest BCUT2D eigenvalue weighted by atomic mass is 10.0. The summed E-state index contributed by atoms with van der Waals surface area (Å²) in [5.41, 5.74) is 1.19. The van der Waals surface area contributed by atoms with Gasteiger partial charge in [0.05, 0.1) is 18.9 Å². The van der Waals surface area contributed by atoms with E-state index in [1.54, 1.807) is 12.6 Å². The summed E-state index contributed by atoms with van der Waals surface area (Å²) in [5.74, 6) is 2.24. The Balaban J connectivity index is 1.60.